The van der Waals surface area contributed by atoms with Crippen LogP contribution in [0.25, 0.3) is 0 Å². The zero-order valence-electron chi connectivity index (χ0n) is 18.5. The minimum atomic E-state index is -0.519. The van der Waals surface area contributed by atoms with Crippen LogP contribution in [0.15, 0.2) is 72.8 Å². The van der Waals surface area contributed by atoms with Gasteiger partial charge in [0.1, 0.15) is 0 Å². The highest BCUT2D eigenvalue weighted by Gasteiger charge is 2.55. The molecule has 5 heteroatoms. The van der Waals surface area contributed by atoms with E-state index >= 15 is 0 Å². The maximum atomic E-state index is 14.1. The van der Waals surface area contributed by atoms with Gasteiger partial charge in [0.2, 0.25) is 0 Å². The summed E-state index contributed by atoms with van der Waals surface area (Å²) in [5.74, 6) is 0. The Hall–Kier alpha value is -3.29. The molecular formula is C27H26ClN3O. The van der Waals surface area contributed by atoms with Gasteiger partial charge < -0.3 is 0 Å². The Morgan fingerprint density at radius 3 is 2.31 bits per heavy atom. The molecule has 4 rings (SSSR count). The first-order chi connectivity index (χ1) is 15.4. The highest BCUT2D eigenvalue weighted by molar-refractivity contribution is 6.30. The van der Waals surface area contributed by atoms with Crippen LogP contribution in [0.1, 0.15) is 49.4 Å². The number of anilines is 2. The first-order valence-electron chi connectivity index (χ1n) is 10.8. The fraction of sp³-hybridized carbons (Fsp3) is 0.259. The summed E-state index contributed by atoms with van der Waals surface area (Å²) >= 11 is 6.14. The average Bonchev–Trinajstić information content (AvgIpc) is 3.02. The summed E-state index contributed by atoms with van der Waals surface area (Å²) in [6, 6.07) is 24.9. The molecule has 0 aliphatic carbocycles. The summed E-state index contributed by atoms with van der Waals surface area (Å²) in [5, 5.41) is 10.1. The summed E-state index contributed by atoms with van der Waals surface area (Å²) in [6.45, 7) is 6.32. The molecule has 1 saturated heterocycles. The molecule has 0 N–H and O–H groups in total. The van der Waals surface area contributed by atoms with Gasteiger partial charge in [0.15, 0.2) is 0 Å². The van der Waals surface area contributed by atoms with E-state index in [1.807, 2.05) is 71.3 Å². The quantitative estimate of drug-likeness (QED) is 0.416. The molecule has 162 valence electrons. The monoisotopic (exact) mass is 443 g/mol. The molecule has 1 heterocycles. The van der Waals surface area contributed by atoms with Crippen molar-refractivity contribution in [2.24, 2.45) is 0 Å². The third kappa shape index (κ3) is 3.74. The lowest BCUT2D eigenvalue weighted by molar-refractivity contribution is 0.253. The third-order valence-corrected chi connectivity index (χ3v) is 6.49. The van der Waals surface area contributed by atoms with Crippen molar-refractivity contribution < 1.29 is 4.79 Å². The van der Waals surface area contributed by atoms with E-state index in [1.165, 1.54) is 0 Å². The van der Waals surface area contributed by atoms with E-state index in [2.05, 4.69) is 19.9 Å². The Bertz CT molecular complexity index is 1170. The molecule has 0 aromatic heterocycles. The van der Waals surface area contributed by atoms with Crippen molar-refractivity contribution in [1.82, 2.24) is 0 Å². The third-order valence-electron chi connectivity index (χ3n) is 6.24. The minimum absolute atomic E-state index is 0.0838. The van der Waals surface area contributed by atoms with Crippen LogP contribution in [-0.4, -0.2) is 11.6 Å². The second-order valence-corrected chi connectivity index (χ2v) is 8.98. The van der Waals surface area contributed by atoms with Gasteiger partial charge in [0.05, 0.1) is 23.2 Å². The lowest BCUT2D eigenvalue weighted by atomic mass is 9.82. The molecule has 32 heavy (non-hydrogen) atoms. The van der Waals surface area contributed by atoms with E-state index < -0.39 is 5.54 Å². The number of rotatable bonds is 5. The van der Waals surface area contributed by atoms with Gasteiger partial charge in [-0.2, -0.15) is 5.26 Å². The zero-order chi connectivity index (χ0) is 22.9. The van der Waals surface area contributed by atoms with Crippen LogP contribution in [0, 0.1) is 18.3 Å². The molecule has 3 aromatic carbocycles. The Labute approximate surface area is 194 Å². The van der Waals surface area contributed by atoms with Gasteiger partial charge in [-0.1, -0.05) is 54.8 Å². The van der Waals surface area contributed by atoms with Gasteiger partial charge in [-0.15, -0.1) is 0 Å². The van der Waals surface area contributed by atoms with Crippen molar-refractivity contribution in [2.75, 3.05) is 9.80 Å². The fourth-order valence-corrected chi connectivity index (χ4v) is 4.96. The predicted octanol–water partition coefficient (Wildman–Crippen LogP) is 7.27. The van der Waals surface area contributed by atoms with Crippen LogP contribution in [-0.2, 0) is 0 Å². The van der Waals surface area contributed by atoms with E-state index in [0.717, 1.165) is 35.3 Å². The fourth-order valence-electron chi connectivity index (χ4n) is 4.84. The minimum Gasteiger partial charge on any atom is -0.286 e. The number of amides is 2. The Balaban J connectivity index is 1.95. The second-order valence-electron chi connectivity index (χ2n) is 8.55. The number of halogens is 1. The van der Waals surface area contributed by atoms with E-state index in [9.17, 15) is 10.1 Å². The maximum absolute atomic E-state index is 14.1. The van der Waals surface area contributed by atoms with Gasteiger partial charge in [0, 0.05) is 16.4 Å². The number of urea groups is 1. The number of nitrogens with zero attached hydrogens (tertiary/aromatic N) is 3. The molecule has 3 aromatic rings. The van der Waals surface area contributed by atoms with Gasteiger partial charge in [0.25, 0.3) is 0 Å². The Morgan fingerprint density at radius 1 is 1.03 bits per heavy atom. The van der Waals surface area contributed by atoms with E-state index in [-0.39, 0.29) is 12.1 Å². The SMILES string of the molecule is CCCC1(C)C(c2cccc(C#N)c2)N(c2ccc(Cl)cc2)C(=O)N1c1ccc(C)cc1. The molecule has 2 amide bonds. The zero-order valence-corrected chi connectivity index (χ0v) is 19.3. The Kier molecular flexibility index (Phi) is 5.95. The summed E-state index contributed by atoms with van der Waals surface area (Å²) in [7, 11) is 0. The van der Waals surface area contributed by atoms with Gasteiger partial charge in [-0.05, 0) is 74.4 Å². The summed E-state index contributed by atoms with van der Waals surface area (Å²) < 4.78 is 0. The summed E-state index contributed by atoms with van der Waals surface area (Å²) in [5.41, 5.74) is 3.80. The van der Waals surface area contributed by atoms with Crippen LogP contribution >= 0.6 is 11.6 Å². The van der Waals surface area contributed by atoms with Crippen molar-refractivity contribution in [1.29, 1.82) is 5.26 Å². The first kappa shape index (κ1) is 21.9. The molecular weight excluding hydrogens is 418 g/mol. The summed E-state index contributed by atoms with van der Waals surface area (Å²) in [4.78, 5) is 17.8. The van der Waals surface area contributed by atoms with Crippen molar-refractivity contribution in [3.8, 4) is 6.07 Å². The van der Waals surface area contributed by atoms with Crippen LogP contribution < -0.4 is 9.80 Å². The highest BCUT2D eigenvalue weighted by Crippen LogP contribution is 2.50. The lowest BCUT2D eigenvalue weighted by Crippen LogP contribution is -2.46. The Morgan fingerprint density at radius 2 is 1.69 bits per heavy atom. The van der Waals surface area contributed by atoms with Crippen molar-refractivity contribution in [3.05, 3.63) is 94.5 Å². The number of hydrogen-bond donors (Lipinski definition) is 0. The average molecular weight is 444 g/mol. The maximum Gasteiger partial charge on any atom is 0.330 e. The second kappa shape index (κ2) is 8.68. The van der Waals surface area contributed by atoms with Gasteiger partial charge >= 0.3 is 6.03 Å². The first-order valence-corrected chi connectivity index (χ1v) is 11.2. The molecule has 4 nitrogen and oxygen atoms in total. The van der Waals surface area contributed by atoms with E-state index in [0.29, 0.717) is 10.6 Å². The van der Waals surface area contributed by atoms with E-state index in [1.54, 1.807) is 18.2 Å². The normalized spacial score (nSPS) is 20.5. The highest BCUT2D eigenvalue weighted by atomic mass is 35.5. The number of carbonyl (C=O) groups is 1. The molecule has 0 radical (unpaired) electrons. The molecule has 1 fully saturated rings. The molecule has 2 atom stereocenters. The van der Waals surface area contributed by atoms with Gasteiger partial charge in [-0.25, -0.2) is 4.79 Å². The number of aryl methyl sites for hydroxylation is 1. The largest absolute Gasteiger partial charge is 0.330 e. The molecule has 1 aliphatic rings. The topological polar surface area (TPSA) is 47.3 Å². The number of hydrogen-bond acceptors (Lipinski definition) is 2. The van der Waals surface area contributed by atoms with Crippen LogP contribution in [0.2, 0.25) is 5.02 Å². The smallest absolute Gasteiger partial charge is 0.286 e. The van der Waals surface area contributed by atoms with Crippen molar-refractivity contribution in [3.63, 3.8) is 0 Å². The van der Waals surface area contributed by atoms with Crippen LogP contribution in [0.3, 0.4) is 0 Å². The molecule has 0 saturated carbocycles. The standard InChI is InChI=1S/C27H26ClN3O/c1-4-16-27(3)25(21-7-5-6-20(17-21)18-29)30(23-14-10-22(28)11-15-23)26(32)31(27)24-12-8-19(2)9-13-24/h5-15,17,25H,4,16H2,1-3H3. The molecule has 2 unspecified atom stereocenters. The van der Waals surface area contributed by atoms with Gasteiger partial charge in [-0.3, -0.25) is 9.80 Å². The number of nitriles is 1. The lowest BCUT2D eigenvalue weighted by Gasteiger charge is -2.39. The van der Waals surface area contributed by atoms with Crippen LogP contribution in [0.5, 0.6) is 0 Å². The van der Waals surface area contributed by atoms with Crippen molar-refractivity contribution >= 4 is 29.0 Å². The molecule has 0 spiro atoms. The predicted molar refractivity (Wildman–Crippen MR) is 130 cm³/mol. The molecule has 1 aliphatic heterocycles. The number of carbonyl (C=O) groups excluding carboxylic acids is 1. The summed E-state index contributed by atoms with van der Waals surface area (Å²) in [6.07, 6.45) is 1.72. The van der Waals surface area contributed by atoms with E-state index in [4.69, 9.17) is 11.6 Å². The number of benzene rings is 3. The van der Waals surface area contributed by atoms with Crippen LogP contribution in [0.4, 0.5) is 16.2 Å². The molecule has 0 bridgehead atoms. The van der Waals surface area contributed by atoms with Crippen molar-refractivity contribution in [2.45, 2.75) is 45.2 Å².